The van der Waals surface area contributed by atoms with Gasteiger partial charge in [0.1, 0.15) is 19.0 Å². The third kappa shape index (κ3) is 5.69. The number of carbonyl (C=O) groups excluding carboxylic acids is 1. The Bertz CT molecular complexity index is 1510. The second-order valence-corrected chi connectivity index (χ2v) is 8.81. The van der Waals surface area contributed by atoms with Gasteiger partial charge >= 0.3 is 0 Å². The Balaban J connectivity index is 1.10. The summed E-state index contributed by atoms with van der Waals surface area (Å²) >= 11 is 0. The summed E-state index contributed by atoms with van der Waals surface area (Å²) in [6.45, 7) is 5.26. The van der Waals surface area contributed by atoms with E-state index < -0.39 is 0 Å². The number of aryl methyl sites for hydroxylation is 2. The van der Waals surface area contributed by atoms with Crippen LogP contribution in [0.4, 0.5) is 0 Å². The molecule has 0 aliphatic carbocycles. The Morgan fingerprint density at radius 3 is 2.54 bits per heavy atom. The van der Waals surface area contributed by atoms with Gasteiger partial charge < -0.3 is 14.8 Å². The van der Waals surface area contributed by atoms with E-state index in [2.05, 4.69) is 10.3 Å². The number of carbonyl (C=O) groups is 1. The highest BCUT2D eigenvalue weighted by molar-refractivity contribution is 5.92. The number of rotatable bonds is 10. The molecule has 2 aromatic carbocycles. The molecule has 0 atom stereocenters. The first-order valence-corrected chi connectivity index (χ1v) is 12.3. The maximum absolute atomic E-state index is 12.6. The third-order valence-corrected chi connectivity index (χ3v) is 6.25. The molecule has 8 nitrogen and oxygen atoms in total. The van der Waals surface area contributed by atoms with Gasteiger partial charge in [0.15, 0.2) is 5.65 Å². The zero-order valence-corrected chi connectivity index (χ0v) is 21.0. The van der Waals surface area contributed by atoms with Crippen molar-refractivity contribution in [1.82, 2.24) is 24.9 Å². The summed E-state index contributed by atoms with van der Waals surface area (Å²) in [4.78, 5) is 21.7. The summed E-state index contributed by atoms with van der Waals surface area (Å²) in [6, 6.07) is 21.3. The van der Waals surface area contributed by atoms with Crippen molar-refractivity contribution in [1.29, 1.82) is 0 Å². The van der Waals surface area contributed by atoms with Gasteiger partial charge in [-0.05, 0) is 55.7 Å². The van der Waals surface area contributed by atoms with Gasteiger partial charge in [-0.1, -0.05) is 36.4 Å². The highest BCUT2D eigenvalue weighted by atomic mass is 16.5. The van der Waals surface area contributed by atoms with Crippen molar-refractivity contribution in [3.05, 3.63) is 95.4 Å². The molecule has 8 heteroatoms. The fourth-order valence-electron chi connectivity index (χ4n) is 4.29. The highest BCUT2D eigenvalue weighted by Crippen LogP contribution is 2.23. The topological polar surface area (TPSA) is 90.6 Å². The average molecular weight is 496 g/mol. The lowest BCUT2D eigenvalue weighted by atomic mass is 10.1. The summed E-state index contributed by atoms with van der Waals surface area (Å²) in [6.07, 6.45) is 2.67. The van der Waals surface area contributed by atoms with Gasteiger partial charge in [0, 0.05) is 42.0 Å². The van der Waals surface area contributed by atoms with Crippen LogP contribution < -0.4 is 14.8 Å². The minimum Gasteiger partial charge on any atom is -0.490 e. The minimum absolute atomic E-state index is 0.0251. The maximum Gasteiger partial charge on any atom is 0.220 e. The van der Waals surface area contributed by atoms with E-state index in [1.54, 1.807) is 12.3 Å². The van der Waals surface area contributed by atoms with Crippen molar-refractivity contribution in [3.8, 4) is 11.6 Å². The van der Waals surface area contributed by atoms with E-state index in [4.69, 9.17) is 19.6 Å². The first-order valence-electron chi connectivity index (χ1n) is 12.3. The van der Waals surface area contributed by atoms with Crippen molar-refractivity contribution in [2.45, 2.75) is 33.2 Å². The number of pyridine rings is 1. The van der Waals surface area contributed by atoms with Gasteiger partial charge in [-0.3, -0.25) is 4.79 Å². The van der Waals surface area contributed by atoms with Crippen LogP contribution in [-0.4, -0.2) is 38.7 Å². The van der Waals surface area contributed by atoms with Crippen LogP contribution >= 0.6 is 0 Å². The number of hydrogen-bond acceptors (Lipinski definition) is 6. The lowest BCUT2D eigenvalue weighted by Gasteiger charge is -2.11. The molecule has 5 aromatic rings. The molecule has 0 saturated carbocycles. The van der Waals surface area contributed by atoms with Gasteiger partial charge in [0.05, 0.1) is 5.52 Å². The summed E-state index contributed by atoms with van der Waals surface area (Å²) in [5, 5.41) is 8.70. The van der Waals surface area contributed by atoms with Gasteiger partial charge in [-0.25, -0.2) is 14.5 Å². The summed E-state index contributed by atoms with van der Waals surface area (Å²) in [5.41, 5.74) is 5.66. The molecule has 3 heterocycles. The summed E-state index contributed by atoms with van der Waals surface area (Å²) in [7, 11) is 0. The van der Waals surface area contributed by atoms with E-state index in [9.17, 15) is 4.79 Å². The molecule has 5 rings (SSSR count). The number of fused-ring (bicyclic) bond motifs is 3. The Kier molecular flexibility index (Phi) is 7.26. The van der Waals surface area contributed by atoms with Gasteiger partial charge in [0.25, 0.3) is 0 Å². The van der Waals surface area contributed by atoms with Crippen LogP contribution in [0.5, 0.6) is 11.6 Å². The number of nitrogens with zero attached hydrogens (tertiary/aromatic N) is 4. The molecule has 1 amide bonds. The second-order valence-electron chi connectivity index (χ2n) is 8.81. The smallest absolute Gasteiger partial charge is 0.220 e. The molecule has 188 valence electrons. The van der Waals surface area contributed by atoms with E-state index >= 15 is 0 Å². The molecule has 0 unspecified atom stereocenters. The predicted octanol–water partition coefficient (Wildman–Crippen LogP) is 4.60. The molecule has 37 heavy (non-hydrogen) atoms. The van der Waals surface area contributed by atoms with Crippen LogP contribution in [-0.2, 0) is 17.8 Å². The third-order valence-electron chi connectivity index (χ3n) is 6.25. The summed E-state index contributed by atoms with van der Waals surface area (Å²) in [5.74, 6) is 1.30. The van der Waals surface area contributed by atoms with Crippen molar-refractivity contribution in [2.75, 3.05) is 13.2 Å². The number of ether oxygens (including phenoxy) is 2. The molecule has 0 saturated heterocycles. The molecular formula is C29H29N5O3. The Morgan fingerprint density at radius 1 is 0.946 bits per heavy atom. The number of hydrogen-bond donors (Lipinski definition) is 1. The van der Waals surface area contributed by atoms with Crippen molar-refractivity contribution in [2.24, 2.45) is 0 Å². The number of benzene rings is 2. The average Bonchev–Trinajstić information content (AvgIpc) is 3.30. The first-order chi connectivity index (χ1) is 18.1. The Morgan fingerprint density at radius 2 is 1.73 bits per heavy atom. The highest BCUT2D eigenvalue weighted by Gasteiger charge is 2.15. The van der Waals surface area contributed by atoms with Gasteiger partial charge in [-0.15, -0.1) is 0 Å². The van der Waals surface area contributed by atoms with Crippen LogP contribution in [0.3, 0.4) is 0 Å². The molecule has 0 fully saturated rings. The number of amides is 1. The minimum atomic E-state index is -0.0251. The number of aromatic nitrogens is 4. The van der Waals surface area contributed by atoms with Crippen LogP contribution in [0.15, 0.2) is 72.9 Å². The van der Waals surface area contributed by atoms with Crippen LogP contribution in [0.1, 0.15) is 28.9 Å². The van der Waals surface area contributed by atoms with E-state index in [-0.39, 0.29) is 5.91 Å². The van der Waals surface area contributed by atoms with Crippen molar-refractivity contribution in [3.63, 3.8) is 0 Å². The quantitative estimate of drug-likeness (QED) is 0.285. The lowest BCUT2D eigenvalue weighted by Crippen LogP contribution is -2.23. The Labute approximate surface area is 215 Å². The number of nitrogens with one attached hydrogen (secondary N) is 1. The molecule has 0 radical (unpaired) electrons. The fourth-order valence-corrected chi connectivity index (χ4v) is 4.29. The molecule has 0 spiro atoms. The Hall–Kier alpha value is -4.46. The van der Waals surface area contributed by atoms with E-state index in [0.29, 0.717) is 38.5 Å². The SMILES string of the molecule is Cc1nc2c3ccccc3nn2c(C)c1CCC(=O)NCc1ccc(OCCOc2ccccc2)nc1. The number of para-hydroxylation sites is 1. The molecule has 0 bridgehead atoms. The second kappa shape index (κ2) is 11.1. The van der Waals surface area contributed by atoms with Crippen LogP contribution in [0, 0.1) is 13.8 Å². The molecule has 1 N–H and O–H groups in total. The zero-order chi connectivity index (χ0) is 25.6. The largest absolute Gasteiger partial charge is 0.490 e. The molecule has 0 aliphatic heterocycles. The van der Waals surface area contributed by atoms with E-state index in [1.165, 1.54) is 0 Å². The monoisotopic (exact) mass is 495 g/mol. The predicted molar refractivity (Wildman–Crippen MR) is 142 cm³/mol. The molecular weight excluding hydrogens is 466 g/mol. The van der Waals surface area contributed by atoms with E-state index in [1.807, 2.05) is 79.0 Å². The van der Waals surface area contributed by atoms with Gasteiger partial charge in [0.2, 0.25) is 11.8 Å². The van der Waals surface area contributed by atoms with Gasteiger partial charge in [-0.2, -0.15) is 5.10 Å². The lowest BCUT2D eigenvalue weighted by molar-refractivity contribution is -0.121. The summed E-state index contributed by atoms with van der Waals surface area (Å²) < 4.78 is 13.1. The molecule has 0 aliphatic rings. The van der Waals surface area contributed by atoms with Crippen LogP contribution in [0.25, 0.3) is 16.6 Å². The maximum atomic E-state index is 12.6. The standard InChI is InChI=1S/C29H29N5O3/c1-20-24(21(2)34-29(32-20)25-10-6-7-11-26(25)33-34)13-14-27(35)30-18-22-12-15-28(31-19-22)37-17-16-36-23-8-4-3-5-9-23/h3-12,15,19H,13-14,16-18H2,1-2H3,(H,30,35). The van der Waals surface area contributed by atoms with E-state index in [0.717, 1.165) is 44.8 Å². The van der Waals surface area contributed by atoms with Crippen LogP contribution in [0.2, 0.25) is 0 Å². The van der Waals surface area contributed by atoms with Crippen molar-refractivity contribution < 1.29 is 14.3 Å². The molecule has 3 aromatic heterocycles. The normalized spacial score (nSPS) is 11.1. The fraction of sp³-hybridized carbons (Fsp3) is 0.241. The zero-order valence-electron chi connectivity index (χ0n) is 21.0. The first kappa shape index (κ1) is 24.2. The van der Waals surface area contributed by atoms with Crippen molar-refractivity contribution >= 4 is 22.5 Å².